The standard InChI is InChI=1S/C14H19BrO2/c1-14(2,9-16)12-8-10(15)6-7-13(12)17-11-4-3-5-11/h6-8,11,16H,3-5,9H2,1-2H3. The Labute approximate surface area is 111 Å². The van der Waals surface area contributed by atoms with Crippen LogP contribution in [0.15, 0.2) is 22.7 Å². The summed E-state index contributed by atoms with van der Waals surface area (Å²) in [6.45, 7) is 4.18. The molecule has 0 aliphatic heterocycles. The maximum Gasteiger partial charge on any atom is 0.123 e. The predicted octanol–water partition coefficient (Wildman–Crippen LogP) is 3.65. The van der Waals surface area contributed by atoms with Gasteiger partial charge in [-0.15, -0.1) is 0 Å². The van der Waals surface area contributed by atoms with E-state index in [1.165, 1.54) is 6.42 Å². The summed E-state index contributed by atoms with van der Waals surface area (Å²) in [7, 11) is 0. The van der Waals surface area contributed by atoms with Gasteiger partial charge in [0.2, 0.25) is 0 Å². The fourth-order valence-electron chi connectivity index (χ4n) is 1.89. The lowest BCUT2D eigenvalue weighted by Gasteiger charge is -2.31. The van der Waals surface area contributed by atoms with E-state index in [2.05, 4.69) is 15.9 Å². The van der Waals surface area contributed by atoms with Crippen LogP contribution in [0.2, 0.25) is 0 Å². The average molecular weight is 299 g/mol. The van der Waals surface area contributed by atoms with Gasteiger partial charge in [0.1, 0.15) is 5.75 Å². The highest BCUT2D eigenvalue weighted by Gasteiger charge is 2.27. The molecular formula is C14H19BrO2. The Hall–Kier alpha value is -0.540. The number of aliphatic hydroxyl groups excluding tert-OH is 1. The molecular weight excluding hydrogens is 280 g/mol. The molecule has 1 saturated carbocycles. The number of rotatable bonds is 4. The average Bonchev–Trinajstić information content (AvgIpc) is 2.25. The largest absolute Gasteiger partial charge is 0.490 e. The highest BCUT2D eigenvalue weighted by atomic mass is 79.9. The summed E-state index contributed by atoms with van der Waals surface area (Å²) in [6, 6.07) is 6.03. The predicted molar refractivity (Wildman–Crippen MR) is 72.5 cm³/mol. The quantitative estimate of drug-likeness (QED) is 0.919. The molecule has 0 unspecified atom stereocenters. The number of benzene rings is 1. The Morgan fingerprint density at radius 3 is 2.65 bits per heavy atom. The second-order valence-corrected chi connectivity index (χ2v) is 6.27. The summed E-state index contributed by atoms with van der Waals surface area (Å²) in [5.74, 6) is 0.914. The first-order chi connectivity index (χ1) is 8.03. The minimum absolute atomic E-state index is 0.116. The number of ether oxygens (including phenoxy) is 1. The molecule has 0 radical (unpaired) electrons. The number of hydrogen-bond acceptors (Lipinski definition) is 2. The highest BCUT2D eigenvalue weighted by Crippen LogP contribution is 2.36. The molecule has 0 spiro atoms. The third-order valence-electron chi connectivity index (χ3n) is 3.41. The van der Waals surface area contributed by atoms with E-state index < -0.39 is 0 Å². The van der Waals surface area contributed by atoms with Crippen molar-refractivity contribution in [2.45, 2.75) is 44.6 Å². The first kappa shape index (κ1) is 12.9. The van der Waals surface area contributed by atoms with Crippen molar-refractivity contribution in [2.75, 3.05) is 6.61 Å². The zero-order valence-electron chi connectivity index (χ0n) is 10.4. The van der Waals surface area contributed by atoms with Crippen molar-refractivity contribution in [3.63, 3.8) is 0 Å². The SMILES string of the molecule is CC(C)(CO)c1cc(Br)ccc1OC1CCC1. The lowest BCUT2D eigenvalue weighted by atomic mass is 9.85. The minimum atomic E-state index is -0.275. The number of halogens is 1. The van der Waals surface area contributed by atoms with Crippen molar-refractivity contribution in [3.05, 3.63) is 28.2 Å². The maximum absolute atomic E-state index is 9.50. The van der Waals surface area contributed by atoms with E-state index in [-0.39, 0.29) is 12.0 Å². The zero-order valence-corrected chi connectivity index (χ0v) is 12.0. The van der Waals surface area contributed by atoms with Gasteiger partial charge in [0, 0.05) is 15.5 Å². The molecule has 94 valence electrons. The number of hydrogen-bond donors (Lipinski definition) is 1. The molecule has 1 aliphatic rings. The van der Waals surface area contributed by atoms with Gasteiger partial charge in [-0.1, -0.05) is 29.8 Å². The molecule has 2 nitrogen and oxygen atoms in total. The lowest BCUT2D eigenvalue weighted by Crippen LogP contribution is -2.28. The van der Waals surface area contributed by atoms with Gasteiger partial charge in [-0.3, -0.25) is 0 Å². The Bertz CT molecular complexity index is 397. The molecule has 0 bridgehead atoms. The lowest BCUT2D eigenvalue weighted by molar-refractivity contribution is 0.115. The second-order valence-electron chi connectivity index (χ2n) is 5.35. The van der Waals surface area contributed by atoms with Crippen molar-refractivity contribution in [1.29, 1.82) is 0 Å². The molecule has 0 amide bonds. The minimum Gasteiger partial charge on any atom is -0.490 e. The van der Waals surface area contributed by atoms with Gasteiger partial charge in [0.05, 0.1) is 12.7 Å². The van der Waals surface area contributed by atoms with Crippen molar-refractivity contribution in [2.24, 2.45) is 0 Å². The monoisotopic (exact) mass is 298 g/mol. The molecule has 0 heterocycles. The summed E-state index contributed by atoms with van der Waals surface area (Å²) < 4.78 is 7.02. The summed E-state index contributed by atoms with van der Waals surface area (Å²) in [6.07, 6.45) is 3.92. The summed E-state index contributed by atoms with van der Waals surface area (Å²) >= 11 is 3.48. The topological polar surface area (TPSA) is 29.5 Å². The van der Waals surface area contributed by atoms with Gasteiger partial charge in [-0.25, -0.2) is 0 Å². The van der Waals surface area contributed by atoms with Gasteiger partial charge in [0.25, 0.3) is 0 Å². The van der Waals surface area contributed by atoms with Gasteiger partial charge in [-0.05, 0) is 37.5 Å². The third-order valence-corrected chi connectivity index (χ3v) is 3.91. The normalized spacial score (nSPS) is 16.7. The summed E-state index contributed by atoms with van der Waals surface area (Å²) in [4.78, 5) is 0. The molecule has 0 atom stereocenters. The highest BCUT2D eigenvalue weighted by molar-refractivity contribution is 9.10. The molecule has 17 heavy (non-hydrogen) atoms. The van der Waals surface area contributed by atoms with Crippen LogP contribution in [0.1, 0.15) is 38.7 Å². The van der Waals surface area contributed by atoms with Crippen LogP contribution in [0.3, 0.4) is 0 Å². The van der Waals surface area contributed by atoms with Crippen LogP contribution in [0.5, 0.6) is 5.75 Å². The fraction of sp³-hybridized carbons (Fsp3) is 0.571. The smallest absolute Gasteiger partial charge is 0.123 e. The Kier molecular flexibility index (Phi) is 3.79. The molecule has 1 aliphatic carbocycles. The van der Waals surface area contributed by atoms with E-state index in [1.807, 2.05) is 32.0 Å². The van der Waals surface area contributed by atoms with Crippen LogP contribution in [-0.4, -0.2) is 17.8 Å². The zero-order chi connectivity index (χ0) is 12.5. The second kappa shape index (κ2) is 4.99. The van der Waals surface area contributed by atoms with E-state index in [0.29, 0.717) is 6.10 Å². The molecule has 1 aromatic rings. The van der Waals surface area contributed by atoms with E-state index in [0.717, 1.165) is 28.6 Å². The van der Waals surface area contributed by atoms with E-state index in [1.54, 1.807) is 0 Å². The fourth-order valence-corrected chi connectivity index (χ4v) is 2.25. The Balaban J connectivity index is 2.29. The van der Waals surface area contributed by atoms with Crippen LogP contribution >= 0.6 is 15.9 Å². The van der Waals surface area contributed by atoms with E-state index >= 15 is 0 Å². The third kappa shape index (κ3) is 2.83. The van der Waals surface area contributed by atoms with Crippen LogP contribution in [-0.2, 0) is 5.41 Å². The molecule has 1 aromatic carbocycles. The Morgan fingerprint density at radius 1 is 1.41 bits per heavy atom. The van der Waals surface area contributed by atoms with Gasteiger partial charge in [0.15, 0.2) is 0 Å². The first-order valence-electron chi connectivity index (χ1n) is 6.10. The number of aliphatic hydroxyl groups is 1. The van der Waals surface area contributed by atoms with E-state index in [4.69, 9.17) is 4.74 Å². The van der Waals surface area contributed by atoms with Crippen LogP contribution < -0.4 is 4.74 Å². The van der Waals surface area contributed by atoms with Crippen molar-refractivity contribution in [3.8, 4) is 5.75 Å². The van der Waals surface area contributed by atoms with Crippen LogP contribution in [0.4, 0.5) is 0 Å². The van der Waals surface area contributed by atoms with Gasteiger partial charge >= 0.3 is 0 Å². The first-order valence-corrected chi connectivity index (χ1v) is 6.90. The molecule has 3 heteroatoms. The summed E-state index contributed by atoms with van der Waals surface area (Å²) in [5, 5.41) is 9.50. The molecule has 1 fully saturated rings. The van der Waals surface area contributed by atoms with Gasteiger partial charge in [-0.2, -0.15) is 0 Å². The van der Waals surface area contributed by atoms with Gasteiger partial charge < -0.3 is 9.84 Å². The molecule has 0 saturated heterocycles. The molecule has 2 rings (SSSR count). The van der Waals surface area contributed by atoms with Crippen LogP contribution in [0.25, 0.3) is 0 Å². The maximum atomic E-state index is 9.50. The Morgan fingerprint density at radius 2 is 2.12 bits per heavy atom. The van der Waals surface area contributed by atoms with Crippen molar-refractivity contribution in [1.82, 2.24) is 0 Å². The summed E-state index contributed by atoms with van der Waals surface area (Å²) in [5.41, 5.74) is 0.796. The van der Waals surface area contributed by atoms with Crippen LogP contribution in [0, 0.1) is 0 Å². The molecule has 1 N–H and O–H groups in total. The van der Waals surface area contributed by atoms with Crippen molar-refractivity contribution < 1.29 is 9.84 Å². The van der Waals surface area contributed by atoms with E-state index in [9.17, 15) is 5.11 Å². The molecule has 0 aromatic heterocycles. The van der Waals surface area contributed by atoms with Crippen molar-refractivity contribution >= 4 is 15.9 Å².